The van der Waals surface area contributed by atoms with Crippen molar-refractivity contribution in [3.63, 3.8) is 0 Å². The van der Waals surface area contributed by atoms with E-state index in [2.05, 4.69) is 16.9 Å². The van der Waals surface area contributed by atoms with Gasteiger partial charge in [0.15, 0.2) is 0 Å². The van der Waals surface area contributed by atoms with Gasteiger partial charge in [-0.25, -0.2) is 9.48 Å². The van der Waals surface area contributed by atoms with E-state index in [1.165, 1.54) is 0 Å². The topological polar surface area (TPSA) is 55.1 Å². The van der Waals surface area contributed by atoms with Crippen LogP contribution in [0.2, 0.25) is 0 Å². The minimum absolute atomic E-state index is 0.312. The van der Waals surface area contributed by atoms with Crippen molar-refractivity contribution >= 4 is 5.97 Å². The number of aromatic nitrogens is 2. The lowest BCUT2D eigenvalue weighted by atomic mass is 10.0. The molecule has 0 radical (unpaired) electrons. The van der Waals surface area contributed by atoms with Crippen LogP contribution < -0.4 is 0 Å². The van der Waals surface area contributed by atoms with Crippen LogP contribution in [-0.2, 0) is 0 Å². The first kappa shape index (κ1) is 14.9. The molecule has 0 spiro atoms. The van der Waals surface area contributed by atoms with Crippen LogP contribution in [0.25, 0.3) is 5.69 Å². The maximum absolute atomic E-state index is 11.1. The molecule has 0 unspecified atom stereocenters. The summed E-state index contributed by atoms with van der Waals surface area (Å²) in [6, 6.07) is 3.39. The van der Waals surface area contributed by atoms with Crippen LogP contribution in [0.1, 0.15) is 40.9 Å². The van der Waals surface area contributed by atoms with Crippen molar-refractivity contribution in [3.8, 4) is 17.5 Å². The Morgan fingerprint density at radius 3 is 2.62 bits per heavy atom. The molecule has 0 saturated carbocycles. The van der Waals surface area contributed by atoms with E-state index in [9.17, 15) is 4.79 Å². The SMILES string of the molecule is Cc1c(C(=O)O)ccc(-n2cc(C#CC(C)C)cn2)c1C. The average molecular weight is 282 g/mol. The summed E-state index contributed by atoms with van der Waals surface area (Å²) in [5, 5.41) is 13.4. The number of carbonyl (C=O) groups is 1. The van der Waals surface area contributed by atoms with E-state index in [1.54, 1.807) is 23.0 Å². The zero-order chi connectivity index (χ0) is 15.6. The normalized spacial score (nSPS) is 10.3. The number of carboxylic acid groups (broad SMARTS) is 1. The molecule has 1 N–H and O–H groups in total. The van der Waals surface area contributed by atoms with Gasteiger partial charge in [0.05, 0.1) is 23.0 Å². The minimum atomic E-state index is -0.911. The molecule has 0 aliphatic rings. The maximum Gasteiger partial charge on any atom is 0.335 e. The maximum atomic E-state index is 11.1. The first-order valence-electron chi connectivity index (χ1n) is 6.80. The summed E-state index contributed by atoms with van der Waals surface area (Å²) in [6.45, 7) is 7.79. The van der Waals surface area contributed by atoms with E-state index in [0.29, 0.717) is 11.5 Å². The number of hydrogen-bond acceptors (Lipinski definition) is 2. The standard InChI is InChI=1S/C17H18N2O2/c1-11(2)5-6-14-9-18-19(10-14)16-8-7-15(17(20)21)12(3)13(16)4/h7-11H,1-4H3,(H,20,21). The van der Waals surface area contributed by atoms with E-state index < -0.39 is 5.97 Å². The van der Waals surface area contributed by atoms with Crippen LogP contribution >= 0.6 is 0 Å². The van der Waals surface area contributed by atoms with Crippen LogP contribution in [0.4, 0.5) is 0 Å². The Hall–Kier alpha value is -2.54. The molecule has 0 amide bonds. The third-order valence-corrected chi connectivity index (χ3v) is 3.32. The summed E-state index contributed by atoms with van der Waals surface area (Å²) in [4.78, 5) is 11.1. The van der Waals surface area contributed by atoms with Crippen molar-refractivity contribution in [2.45, 2.75) is 27.7 Å². The Morgan fingerprint density at radius 2 is 2.00 bits per heavy atom. The molecule has 21 heavy (non-hydrogen) atoms. The van der Waals surface area contributed by atoms with Crippen molar-refractivity contribution in [1.82, 2.24) is 9.78 Å². The zero-order valence-corrected chi connectivity index (χ0v) is 12.6. The van der Waals surface area contributed by atoms with Crippen LogP contribution in [0.3, 0.4) is 0 Å². The van der Waals surface area contributed by atoms with E-state index in [-0.39, 0.29) is 0 Å². The molecule has 2 rings (SSSR count). The fraction of sp³-hybridized carbons (Fsp3) is 0.294. The van der Waals surface area contributed by atoms with E-state index in [4.69, 9.17) is 5.11 Å². The Labute approximate surface area is 124 Å². The van der Waals surface area contributed by atoms with Crippen LogP contribution in [0, 0.1) is 31.6 Å². The Morgan fingerprint density at radius 1 is 1.29 bits per heavy atom. The molecule has 0 atom stereocenters. The number of benzene rings is 1. The van der Waals surface area contributed by atoms with Gasteiger partial charge in [0.1, 0.15) is 0 Å². The third-order valence-electron chi connectivity index (χ3n) is 3.32. The molecule has 0 aliphatic carbocycles. The number of aromatic carboxylic acids is 1. The number of rotatable bonds is 2. The van der Waals surface area contributed by atoms with E-state index in [0.717, 1.165) is 22.4 Å². The van der Waals surface area contributed by atoms with Gasteiger partial charge in [-0.2, -0.15) is 5.10 Å². The lowest BCUT2D eigenvalue weighted by Gasteiger charge is -2.10. The highest BCUT2D eigenvalue weighted by Gasteiger charge is 2.13. The van der Waals surface area contributed by atoms with Gasteiger partial charge in [-0.1, -0.05) is 25.7 Å². The van der Waals surface area contributed by atoms with Gasteiger partial charge in [-0.15, -0.1) is 0 Å². The van der Waals surface area contributed by atoms with Gasteiger partial charge in [-0.05, 0) is 37.1 Å². The summed E-state index contributed by atoms with van der Waals surface area (Å²) in [6.07, 6.45) is 3.58. The summed E-state index contributed by atoms with van der Waals surface area (Å²) < 4.78 is 1.73. The van der Waals surface area contributed by atoms with Gasteiger partial charge < -0.3 is 5.11 Å². The lowest BCUT2D eigenvalue weighted by molar-refractivity contribution is 0.0696. The first-order chi connectivity index (χ1) is 9.90. The second-order valence-corrected chi connectivity index (χ2v) is 5.29. The molecule has 0 saturated heterocycles. The zero-order valence-electron chi connectivity index (χ0n) is 12.6. The molecule has 108 valence electrons. The van der Waals surface area contributed by atoms with Gasteiger partial charge in [0.25, 0.3) is 0 Å². The summed E-state index contributed by atoms with van der Waals surface area (Å²) in [5.74, 6) is 5.57. The fourth-order valence-corrected chi connectivity index (χ4v) is 2.03. The third kappa shape index (κ3) is 3.14. The smallest absolute Gasteiger partial charge is 0.335 e. The molecular formula is C17H18N2O2. The second-order valence-electron chi connectivity index (χ2n) is 5.29. The van der Waals surface area contributed by atoms with Crippen molar-refractivity contribution in [2.75, 3.05) is 0 Å². The van der Waals surface area contributed by atoms with Crippen LogP contribution in [0.5, 0.6) is 0 Å². The highest BCUT2D eigenvalue weighted by molar-refractivity contribution is 5.90. The number of nitrogens with zero attached hydrogens (tertiary/aromatic N) is 2. The summed E-state index contributed by atoms with van der Waals surface area (Å²) in [7, 11) is 0. The summed E-state index contributed by atoms with van der Waals surface area (Å²) >= 11 is 0. The molecule has 1 heterocycles. The Bertz CT molecular complexity index is 746. The van der Waals surface area contributed by atoms with Crippen molar-refractivity contribution in [2.24, 2.45) is 5.92 Å². The van der Waals surface area contributed by atoms with Gasteiger partial charge in [-0.3, -0.25) is 0 Å². The molecule has 1 aromatic carbocycles. The van der Waals surface area contributed by atoms with Crippen molar-refractivity contribution in [1.29, 1.82) is 0 Å². The predicted molar refractivity (Wildman–Crippen MR) is 81.7 cm³/mol. The molecule has 0 bridgehead atoms. The number of hydrogen-bond donors (Lipinski definition) is 1. The Kier molecular flexibility index (Phi) is 4.13. The highest BCUT2D eigenvalue weighted by Crippen LogP contribution is 2.21. The van der Waals surface area contributed by atoms with Crippen LogP contribution in [0.15, 0.2) is 24.5 Å². The van der Waals surface area contributed by atoms with Gasteiger partial charge in [0.2, 0.25) is 0 Å². The first-order valence-corrected chi connectivity index (χ1v) is 6.80. The van der Waals surface area contributed by atoms with Gasteiger partial charge >= 0.3 is 5.97 Å². The molecule has 2 aromatic rings. The molecular weight excluding hydrogens is 264 g/mol. The monoisotopic (exact) mass is 282 g/mol. The van der Waals surface area contributed by atoms with Crippen molar-refractivity contribution < 1.29 is 9.90 Å². The Balaban J connectivity index is 2.42. The van der Waals surface area contributed by atoms with Crippen molar-refractivity contribution in [3.05, 3.63) is 46.8 Å². The largest absolute Gasteiger partial charge is 0.478 e. The van der Waals surface area contributed by atoms with Crippen LogP contribution in [-0.4, -0.2) is 20.9 Å². The van der Waals surface area contributed by atoms with E-state index >= 15 is 0 Å². The second kappa shape index (κ2) is 5.84. The molecule has 4 heteroatoms. The minimum Gasteiger partial charge on any atom is -0.478 e. The lowest BCUT2D eigenvalue weighted by Crippen LogP contribution is -2.05. The average Bonchev–Trinajstić information content (AvgIpc) is 2.87. The fourth-order valence-electron chi connectivity index (χ4n) is 2.03. The molecule has 0 aliphatic heterocycles. The highest BCUT2D eigenvalue weighted by atomic mass is 16.4. The predicted octanol–water partition coefficient (Wildman–Crippen LogP) is 3.19. The van der Waals surface area contributed by atoms with E-state index in [1.807, 2.05) is 33.9 Å². The molecule has 4 nitrogen and oxygen atoms in total. The molecule has 0 fully saturated rings. The molecule has 1 aromatic heterocycles. The quantitative estimate of drug-likeness (QED) is 0.861. The number of carboxylic acids is 1. The van der Waals surface area contributed by atoms with Gasteiger partial charge in [0, 0.05) is 12.1 Å². The summed E-state index contributed by atoms with van der Waals surface area (Å²) in [5.41, 5.74) is 3.70.